The molecule has 0 aliphatic carbocycles. The van der Waals surface area contributed by atoms with Crippen LogP contribution >= 0.6 is 0 Å². The van der Waals surface area contributed by atoms with E-state index < -0.39 is 12.1 Å². The number of halogens is 3. The molecule has 0 heterocycles. The minimum absolute atomic E-state index is 0.0412. The Hall–Kier alpha value is -0.250. The van der Waals surface area contributed by atoms with Crippen molar-refractivity contribution in [1.29, 1.82) is 0 Å². The van der Waals surface area contributed by atoms with Crippen molar-refractivity contribution >= 4 is 0 Å². The highest BCUT2D eigenvalue weighted by molar-refractivity contribution is 4.73. The normalized spacial score (nSPS) is 18.6. The van der Waals surface area contributed by atoms with Gasteiger partial charge in [-0.25, -0.2) is 0 Å². The smallest absolute Gasteiger partial charge is 0.392 e. The zero-order valence-electron chi connectivity index (χ0n) is 10.5. The molecule has 0 fully saturated rings. The van der Waals surface area contributed by atoms with Crippen molar-refractivity contribution in [2.75, 3.05) is 6.61 Å². The van der Waals surface area contributed by atoms with Crippen molar-refractivity contribution in [2.24, 2.45) is 23.7 Å². The molecule has 0 saturated heterocycles. The average molecular weight is 240 g/mol. The van der Waals surface area contributed by atoms with Crippen LogP contribution in [0.2, 0.25) is 0 Å². The van der Waals surface area contributed by atoms with Gasteiger partial charge in [-0.15, -0.1) is 0 Å². The summed E-state index contributed by atoms with van der Waals surface area (Å²) in [6.07, 6.45) is -3.42. The predicted octanol–water partition coefficient (Wildman–Crippen LogP) is 3.87. The lowest BCUT2D eigenvalue weighted by molar-refractivity contribution is -0.188. The van der Waals surface area contributed by atoms with Gasteiger partial charge < -0.3 is 5.11 Å². The van der Waals surface area contributed by atoms with Gasteiger partial charge in [0.15, 0.2) is 0 Å². The van der Waals surface area contributed by atoms with Crippen molar-refractivity contribution in [2.45, 2.75) is 46.7 Å². The molecular formula is C12H23F3O. The van der Waals surface area contributed by atoms with Crippen molar-refractivity contribution in [3.05, 3.63) is 0 Å². The minimum atomic E-state index is -4.10. The molecule has 0 aromatic carbocycles. The maximum Gasteiger partial charge on any atom is 0.392 e. The molecule has 1 N–H and O–H groups in total. The number of hydrogen-bond acceptors (Lipinski definition) is 1. The van der Waals surface area contributed by atoms with Crippen LogP contribution in [0.1, 0.15) is 40.5 Å². The minimum Gasteiger partial charge on any atom is -0.396 e. The molecule has 1 nitrogen and oxygen atoms in total. The summed E-state index contributed by atoms with van der Waals surface area (Å²) >= 11 is 0. The Balaban J connectivity index is 4.24. The van der Waals surface area contributed by atoms with Crippen LogP contribution in [0, 0.1) is 23.7 Å². The summed E-state index contributed by atoms with van der Waals surface area (Å²) in [6.45, 7) is 7.02. The van der Waals surface area contributed by atoms with E-state index in [2.05, 4.69) is 0 Å². The zero-order chi connectivity index (χ0) is 12.9. The number of rotatable bonds is 6. The zero-order valence-corrected chi connectivity index (χ0v) is 10.5. The third-order valence-electron chi connectivity index (χ3n) is 3.42. The third-order valence-corrected chi connectivity index (χ3v) is 3.42. The van der Waals surface area contributed by atoms with Crippen LogP contribution < -0.4 is 0 Å². The molecule has 4 heteroatoms. The highest BCUT2D eigenvalue weighted by Gasteiger charge is 2.41. The van der Waals surface area contributed by atoms with E-state index in [4.69, 9.17) is 5.11 Å². The molecule has 0 amide bonds. The van der Waals surface area contributed by atoms with Crippen molar-refractivity contribution in [3.8, 4) is 0 Å². The quantitative estimate of drug-likeness (QED) is 0.747. The molecule has 0 spiro atoms. The van der Waals surface area contributed by atoms with Gasteiger partial charge in [0.05, 0.1) is 5.92 Å². The molecule has 0 saturated carbocycles. The number of alkyl halides is 3. The molecule has 0 aromatic rings. The maximum absolute atomic E-state index is 12.7. The molecule has 16 heavy (non-hydrogen) atoms. The molecule has 98 valence electrons. The van der Waals surface area contributed by atoms with Crippen LogP contribution in [0.15, 0.2) is 0 Å². The van der Waals surface area contributed by atoms with Crippen molar-refractivity contribution < 1.29 is 18.3 Å². The van der Waals surface area contributed by atoms with Gasteiger partial charge in [0.2, 0.25) is 0 Å². The lowest BCUT2D eigenvalue weighted by Gasteiger charge is -2.26. The van der Waals surface area contributed by atoms with E-state index >= 15 is 0 Å². The van der Waals surface area contributed by atoms with E-state index in [1.54, 1.807) is 13.8 Å². The van der Waals surface area contributed by atoms with Crippen molar-refractivity contribution in [1.82, 2.24) is 0 Å². The fourth-order valence-corrected chi connectivity index (χ4v) is 1.78. The monoisotopic (exact) mass is 240 g/mol. The SMILES string of the molecule is CC(C)C(CCC(C)C(C)CO)C(F)(F)F. The predicted molar refractivity (Wildman–Crippen MR) is 59.0 cm³/mol. The Bertz CT molecular complexity index is 189. The second-order valence-corrected chi connectivity index (χ2v) is 5.11. The number of aliphatic hydroxyl groups is 1. The molecule has 0 bridgehead atoms. The summed E-state index contributed by atoms with van der Waals surface area (Å²) in [4.78, 5) is 0. The molecule has 3 unspecified atom stereocenters. The molecule has 0 rings (SSSR count). The Morgan fingerprint density at radius 2 is 1.44 bits per heavy atom. The molecule has 0 aromatic heterocycles. The molecule has 0 aliphatic rings. The molecule has 0 radical (unpaired) electrons. The Morgan fingerprint density at radius 3 is 1.75 bits per heavy atom. The van der Waals surface area contributed by atoms with E-state index in [1.165, 1.54) is 0 Å². The lowest BCUT2D eigenvalue weighted by atomic mass is 9.84. The standard InChI is InChI=1S/C12H23F3O/c1-8(2)11(12(13,14)15)6-5-9(3)10(4)7-16/h8-11,16H,5-7H2,1-4H3. The first kappa shape index (κ1) is 15.8. The van der Waals surface area contributed by atoms with Gasteiger partial charge in [0, 0.05) is 6.61 Å². The lowest BCUT2D eigenvalue weighted by Crippen LogP contribution is -2.28. The maximum atomic E-state index is 12.7. The second kappa shape index (κ2) is 6.48. The Labute approximate surface area is 96.0 Å². The summed E-state index contributed by atoms with van der Waals surface area (Å²) in [6, 6.07) is 0. The van der Waals surface area contributed by atoms with E-state index in [0.29, 0.717) is 6.42 Å². The van der Waals surface area contributed by atoms with Crippen LogP contribution in [0.25, 0.3) is 0 Å². The second-order valence-electron chi connectivity index (χ2n) is 5.11. The third kappa shape index (κ3) is 5.19. The molecule has 0 aliphatic heterocycles. The highest BCUT2D eigenvalue weighted by atomic mass is 19.4. The summed E-state index contributed by atoms with van der Waals surface area (Å²) in [7, 11) is 0. The average Bonchev–Trinajstić information content (AvgIpc) is 2.13. The van der Waals surface area contributed by atoms with Gasteiger partial charge in [-0.2, -0.15) is 13.2 Å². The summed E-state index contributed by atoms with van der Waals surface area (Å²) in [5.41, 5.74) is 0. The molecule has 3 atom stereocenters. The Kier molecular flexibility index (Phi) is 6.38. The van der Waals surface area contributed by atoms with Gasteiger partial charge in [-0.1, -0.05) is 27.7 Å². The fourth-order valence-electron chi connectivity index (χ4n) is 1.78. The first-order valence-corrected chi connectivity index (χ1v) is 5.87. The van der Waals surface area contributed by atoms with Crippen LogP contribution in [-0.4, -0.2) is 17.9 Å². The fraction of sp³-hybridized carbons (Fsp3) is 1.00. The van der Waals surface area contributed by atoms with Gasteiger partial charge >= 0.3 is 6.18 Å². The van der Waals surface area contributed by atoms with Crippen molar-refractivity contribution in [3.63, 3.8) is 0 Å². The summed E-state index contributed by atoms with van der Waals surface area (Å²) in [5, 5.41) is 8.92. The van der Waals surface area contributed by atoms with E-state index in [9.17, 15) is 13.2 Å². The van der Waals surface area contributed by atoms with E-state index in [0.717, 1.165) is 0 Å². The van der Waals surface area contributed by atoms with Gasteiger partial charge in [-0.05, 0) is 30.6 Å². The largest absolute Gasteiger partial charge is 0.396 e. The summed E-state index contributed by atoms with van der Waals surface area (Å²) < 4.78 is 38.0. The van der Waals surface area contributed by atoms with Gasteiger partial charge in [0.1, 0.15) is 0 Å². The highest BCUT2D eigenvalue weighted by Crippen LogP contribution is 2.36. The van der Waals surface area contributed by atoms with E-state index in [1.807, 2.05) is 13.8 Å². The topological polar surface area (TPSA) is 20.2 Å². The van der Waals surface area contributed by atoms with Crippen LogP contribution in [-0.2, 0) is 0 Å². The van der Waals surface area contributed by atoms with Gasteiger partial charge in [-0.3, -0.25) is 0 Å². The van der Waals surface area contributed by atoms with Crippen LogP contribution in [0.4, 0.5) is 13.2 Å². The van der Waals surface area contributed by atoms with Gasteiger partial charge in [0.25, 0.3) is 0 Å². The first-order valence-electron chi connectivity index (χ1n) is 5.87. The summed E-state index contributed by atoms with van der Waals surface area (Å²) in [5.74, 6) is -1.40. The molecular weight excluding hydrogens is 217 g/mol. The number of hydrogen-bond donors (Lipinski definition) is 1. The van der Waals surface area contributed by atoms with E-state index in [-0.39, 0.29) is 30.8 Å². The van der Waals surface area contributed by atoms with Crippen LogP contribution in [0.5, 0.6) is 0 Å². The first-order chi connectivity index (χ1) is 7.20. The number of aliphatic hydroxyl groups excluding tert-OH is 1. The Morgan fingerprint density at radius 1 is 0.938 bits per heavy atom. The van der Waals surface area contributed by atoms with Crippen LogP contribution in [0.3, 0.4) is 0 Å².